The Morgan fingerprint density at radius 2 is 2.25 bits per heavy atom. The average molecular weight is 152 g/mol. The lowest BCUT2D eigenvalue weighted by atomic mass is 10.5. The van der Waals surface area contributed by atoms with Crippen LogP contribution in [0, 0.1) is 0 Å². The molecule has 0 aromatic heterocycles. The highest BCUT2D eigenvalue weighted by atomic mass is 35.5. The van der Waals surface area contributed by atoms with Crippen LogP contribution in [-0.4, -0.2) is 16.4 Å². The summed E-state index contributed by atoms with van der Waals surface area (Å²) in [4.78, 5) is 1.51. The summed E-state index contributed by atoms with van der Waals surface area (Å²) in [7, 11) is 0. The average Bonchev–Trinajstić information content (AvgIpc) is 2.12. The summed E-state index contributed by atoms with van der Waals surface area (Å²) >= 11 is 11.0. The molecule has 0 atom stereocenters. The predicted molar refractivity (Wildman–Crippen MR) is 36.0 cm³/mol. The van der Waals surface area contributed by atoms with E-state index >= 15 is 0 Å². The first-order valence-corrected chi connectivity index (χ1v) is 3.38. The van der Waals surface area contributed by atoms with Crippen LogP contribution in [0.4, 0.5) is 0 Å². The van der Waals surface area contributed by atoms with Crippen molar-refractivity contribution in [1.29, 1.82) is 0 Å². The van der Waals surface area contributed by atoms with E-state index in [2.05, 4.69) is 6.08 Å². The van der Waals surface area contributed by atoms with Crippen LogP contribution in [0.25, 0.3) is 0 Å². The van der Waals surface area contributed by atoms with Crippen LogP contribution in [0.2, 0.25) is 0 Å². The summed E-state index contributed by atoms with van der Waals surface area (Å²) in [5.74, 6) is 0. The molecule has 1 heterocycles. The second-order valence-corrected chi connectivity index (χ2v) is 2.74. The largest absolute Gasteiger partial charge is 0.349 e. The third-order valence-corrected chi connectivity index (χ3v) is 1.60. The minimum absolute atomic E-state index is 0.367. The minimum Gasteiger partial charge on any atom is -0.349 e. The van der Waals surface area contributed by atoms with E-state index in [4.69, 9.17) is 23.2 Å². The van der Waals surface area contributed by atoms with Crippen LogP contribution in [0.3, 0.4) is 0 Å². The Morgan fingerprint density at radius 3 is 2.50 bits per heavy atom. The molecule has 46 valence electrons. The van der Waals surface area contributed by atoms with E-state index in [0.717, 1.165) is 13.0 Å². The van der Waals surface area contributed by atoms with Gasteiger partial charge in [0.05, 0.1) is 0 Å². The summed E-state index contributed by atoms with van der Waals surface area (Å²) in [6.45, 7) is 0.956. The first-order valence-electron chi connectivity index (χ1n) is 2.51. The zero-order valence-corrected chi connectivity index (χ0v) is 5.86. The lowest BCUT2D eigenvalue weighted by molar-refractivity contribution is 0.444. The molecule has 0 N–H and O–H groups in total. The first-order chi connectivity index (χ1) is 3.80. The van der Waals surface area contributed by atoms with E-state index in [0.29, 0.717) is 0 Å². The summed E-state index contributed by atoms with van der Waals surface area (Å²) in [5, 5.41) is 0. The predicted octanol–water partition coefficient (Wildman–Crippen LogP) is 1.97. The van der Waals surface area contributed by atoms with E-state index in [1.165, 1.54) is 0 Å². The summed E-state index contributed by atoms with van der Waals surface area (Å²) in [5.41, 5.74) is 0. The van der Waals surface area contributed by atoms with Gasteiger partial charge in [0.15, 0.2) is 4.96 Å². The zero-order valence-electron chi connectivity index (χ0n) is 4.35. The van der Waals surface area contributed by atoms with Gasteiger partial charge in [-0.25, -0.2) is 0 Å². The Hall–Kier alpha value is 0.120. The molecule has 0 amide bonds. The Morgan fingerprint density at radius 1 is 1.50 bits per heavy atom. The van der Waals surface area contributed by atoms with Crippen molar-refractivity contribution in [2.75, 3.05) is 6.54 Å². The van der Waals surface area contributed by atoms with Crippen molar-refractivity contribution < 1.29 is 0 Å². The maximum absolute atomic E-state index is 5.52. The Bertz CT molecular complexity index is 101. The summed E-state index contributed by atoms with van der Waals surface area (Å²) < 4.78 is 0. The van der Waals surface area contributed by atoms with Crippen LogP contribution in [0.15, 0.2) is 12.3 Å². The molecule has 0 spiro atoms. The van der Waals surface area contributed by atoms with Crippen molar-refractivity contribution in [3.8, 4) is 0 Å². The van der Waals surface area contributed by atoms with Gasteiger partial charge in [0.2, 0.25) is 0 Å². The monoisotopic (exact) mass is 151 g/mol. The molecule has 0 radical (unpaired) electrons. The molecule has 0 aromatic rings. The standard InChI is InChI=1S/C5H7Cl2N/c6-5(7)8-3-1-2-4-8/h1,3,5H,2,4H2. The third kappa shape index (κ3) is 1.30. The van der Waals surface area contributed by atoms with Gasteiger partial charge < -0.3 is 4.90 Å². The number of rotatable bonds is 1. The normalized spacial score (nSPS) is 18.6. The van der Waals surface area contributed by atoms with Gasteiger partial charge in [-0.3, -0.25) is 0 Å². The highest BCUT2D eigenvalue weighted by Gasteiger charge is 2.09. The van der Waals surface area contributed by atoms with Gasteiger partial charge in [0, 0.05) is 6.54 Å². The van der Waals surface area contributed by atoms with E-state index < -0.39 is 0 Å². The minimum atomic E-state index is -0.367. The topological polar surface area (TPSA) is 3.24 Å². The number of nitrogens with zero attached hydrogens (tertiary/aromatic N) is 1. The lowest BCUT2D eigenvalue weighted by Gasteiger charge is -2.14. The lowest BCUT2D eigenvalue weighted by Crippen LogP contribution is -2.18. The van der Waals surface area contributed by atoms with Crippen LogP contribution >= 0.6 is 23.2 Å². The fraction of sp³-hybridized carbons (Fsp3) is 0.600. The smallest absolute Gasteiger partial charge is 0.179 e. The molecule has 0 fully saturated rings. The van der Waals surface area contributed by atoms with E-state index in [1.807, 2.05) is 11.1 Å². The Labute approximate surface area is 58.9 Å². The molecule has 0 unspecified atom stereocenters. The first kappa shape index (κ1) is 6.24. The van der Waals surface area contributed by atoms with Crippen molar-refractivity contribution in [3.63, 3.8) is 0 Å². The number of hydrogen-bond acceptors (Lipinski definition) is 1. The molecule has 3 heteroatoms. The van der Waals surface area contributed by atoms with Gasteiger partial charge in [0.1, 0.15) is 0 Å². The molecule has 1 aliphatic rings. The second kappa shape index (κ2) is 2.60. The van der Waals surface area contributed by atoms with E-state index in [-0.39, 0.29) is 4.96 Å². The quantitative estimate of drug-likeness (QED) is 0.410. The molecule has 8 heavy (non-hydrogen) atoms. The van der Waals surface area contributed by atoms with Gasteiger partial charge in [-0.15, -0.1) is 0 Å². The maximum Gasteiger partial charge on any atom is 0.179 e. The van der Waals surface area contributed by atoms with Crippen molar-refractivity contribution in [2.24, 2.45) is 0 Å². The van der Waals surface area contributed by atoms with Crippen molar-refractivity contribution in [1.82, 2.24) is 4.90 Å². The van der Waals surface area contributed by atoms with Crippen molar-refractivity contribution in [3.05, 3.63) is 12.3 Å². The molecule has 1 aliphatic heterocycles. The van der Waals surface area contributed by atoms with Crippen molar-refractivity contribution in [2.45, 2.75) is 11.4 Å². The van der Waals surface area contributed by atoms with E-state index in [9.17, 15) is 0 Å². The summed E-state index contributed by atoms with van der Waals surface area (Å²) in [6.07, 6.45) is 5.04. The van der Waals surface area contributed by atoms with Crippen LogP contribution in [0.5, 0.6) is 0 Å². The zero-order chi connectivity index (χ0) is 5.98. The van der Waals surface area contributed by atoms with E-state index in [1.54, 1.807) is 0 Å². The fourth-order valence-electron chi connectivity index (χ4n) is 0.671. The number of hydrogen-bond donors (Lipinski definition) is 0. The fourth-order valence-corrected chi connectivity index (χ4v) is 0.996. The van der Waals surface area contributed by atoms with Gasteiger partial charge in [0.25, 0.3) is 0 Å². The molecule has 0 saturated carbocycles. The van der Waals surface area contributed by atoms with Crippen LogP contribution < -0.4 is 0 Å². The van der Waals surface area contributed by atoms with Crippen molar-refractivity contribution >= 4 is 23.2 Å². The number of halogens is 2. The molecule has 0 bridgehead atoms. The van der Waals surface area contributed by atoms with Gasteiger partial charge >= 0.3 is 0 Å². The Kier molecular flexibility index (Phi) is 2.03. The Balaban J connectivity index is 2.36. The molecule has 0 saturated heterocycles. The molecular weight excluding hydrogens is 145 g/mol. The molecule has 0 aromatic carbocycles. The summed E-state index contributed by atoms with van der Waals surface area (Å²) in [6, 6.07) is 0. The number of alkyl halides is 2. The highest BCUT2D eigenvalue weighted by Crippen LogP contribution is 2.14. The van der Waals surface area contributed by atoms with Gasteiger partial charge in [-0.05, 0) is 12.6 Å². The van der Waals surface area contributed by atoms with Crippen LogP contribution in [0.1, 0.15) is 6.42 Å². The third-order valence-electron chi connectivity index (χ3n) is 1.10. The SMILES string of the molecule is ClC(Cl)N1C=CCC1. The van der Waals surface area contributed by atoms with Crippen LogP contribution in [-0.2, 0) is 0 Å². The highest BCUT2D eigenvalue weighted by molar-refractivity contribution is 6.43. The molecule has 1 nitrogen and oxygen atoms in total. The van der Waals surface area contributed by atoms with Gasteiger partial charge in [-0.2, -0.15) is 0 Å². The molecule has 1 rings (SSSR count). The maximum atomic E-state index is 5.52. The molecule has 0 aliphatic carbocycles. The second-order valence-electron chi connectivity index (χ2n) is 1.69. The van der Waals surface area contributed by atoms with Gasteiger partial charge in [-0.1, -0.05) is 29.3 Å². The molecular formula is C5H7Cl2N.